The molecule has 0 saturated carbocycles. The van der Waals surface area contributed by atoms with Crippen molar-refractivity contribution in [3.05, 3.63) is 83.4 Å². The Morgan fingerprint density at radius 2 is 1.90 bits per heavy atom. The predicted molar refractivity (Wildman–Crippen MR) is 126 cm³/mol. The van der Waals surface area contributed by atoms with Gasteiger partial charge in [0, 0.05) is 29.5 Å². The van der Waals surface area contributed by atoms with Gasteiger partial charge in [-0.15, -0.1) is 11.8 Å². The third-order valence-electron chi connectivity index (χ3n) is 4.99. The number of carbonyl (C=O) groups excluding carboxylic acids is 1. The maximum atomic E-state index is 13.2. The highest BCUT2D eigenvalue weighted by Gasteiger charge is 2.20. The minimum Gasteiger partial charge on any atom is -0.284 e. The number of hydrogen-bond donors (Lipinski definition) is 0. The minimum absolute atomic E-state index is 0.00552. The smallest absolute Gasteiger partial charge is 0.229 e. The molecule has 2 heterocycles. The molecule has 0 radical (unpaired) electrons. The average Bonchev–Trinajstić information content (AvgIpc) is 3.16. The first-order valence-corrected chi connectivity index (χ1v) is 11.8. The molecule has 0 N–H and O–H groups in total. The fraction of sp³-hybridized carbons (Fsp3) is 0.208. The number of aromatic nitrogens is 2. The van der Waals surface area contributed by atoms with E-state index in [1.165, 1.54) is 34.6 Å². The number of aryl methyl sites for hydroxylation is 2. The lowest BCUT2D eigenvalue weighted by molar-refractivity contribution is -0.118. The first-order valence-electron chi connectivity index (χ1n) is 9.95. The number of benzene rings is 2. The van der Waals surface area contributed by atoms with Crippen LogP contribution < -0.4 is 4.90 Å². The van der Waals surface area contributed by atoms with Crippen LogP contribution in [0.25, 0.3) is 10.2 Å². The Hall–Kier alpha value is -2.77. The summed E-state index contributed by atoms with van der Waals surface area (Å²) in [5.74, 6) is 0.354. The molecule has 0 aliphatic heterocycles. The van der Waals surface area contributed by atoms with E-state index < -0.39 is 0 Å². The molecule has 0 saturated heterocycles. The summed E-state index contributed by atoms with van der Waals surface area (Å²) in [6.45, 7) is 4.57. The molecule has 7 heteroatoms. The molecular formula is C24H22FN3OS2. The second-order valence-corrected chi connectivity index (χ2v) is 9.47. The number of pyridine rings is 1. The number of hydrogen-bond acceptors (Lipinski definition) is 5. The number of thioether (sulfide) groups is 1. The molecule has 4 aromatic rings. The van der Waals surface area contributed by atoms with Gasteiger partial charge in [-0.3, -0.25) is 14.7 Å². The normalized spacial score (nSPS) is 11.1. The van der Waals surface area contributed by atoms with Crippen LogP contribution in [0.4, 0.5) is 9.52 Å². The van der Waals surface area contributed by atoms with Crippen LogP contribution in [0.3, 0.4) is 0 Å². The number of rotatable bonds is 7. The van der Waals surface area contributed by atoms with Crippen LogP contribution in [-0.4, -0.2) is 21.6 Å². The quantitative estimate of drug-likeness (QED) is 0.316. The second kappa shape index (κ2) is 9.58. The zero-order valence-electron chi connectivity index (χ0n) is 17.3. The van der Waals surface area contributed by atoms with E-state index in [1.54, 1.807) is 41.2 Å². The van der Waals surface area contributed by atoms with Gasteiger partial charge in [-0.1, -0.05) is 17.4 Å². The highest BCUT2D eigenvalue weighted by Crippen LogP contribution is 2.32. The SMILES string of the molecule is Cc1cc2nc(N(Cc3cccnc3)C(=O)CCSc3ccc(F)cc3)sc2cc1C. The van der Waals surface area contributed by atoms with E-state index in [0.717, 1.165) is 20.7 Å². The largest absolute Gasteiger partial charge is 0.284 e. The lowest BCUT2D eigenvalue weighted by atomic mass is 10.1. The van der Waals surface area contributed by atoms with E-state index in [1.807, 2.05) is 12.1 Å². The monoisotopic (exact) mass is 451 g/mol. The Kier molecular flexibility index (Phi) is 6.63. The summed E-state index contributed by atoms with van der Waals surface area (Å²) in [7, 11) is 0. The molecule has 0 aliphatic carbocycles. The van der Waals surface area contributed by atoms with E-state index in [9.17, 15) is 9.18 Å². The van der Waals surface area contributed by atoms with Crippen LogP contribution in [0, 0.1) is 19.7 Å². The van der Waals surface area contributed by atoms with Crippen molar-refractivity contribution in [2.45, 2.75) is 31.7 Å². The van der Waals surface area contributed by atoms with Gasteiger partial charge in [0.25, 0.3) is 0 Å². The van der Waals surface area contributed by atoms with Crippen molar-refractivity contribution in [3.63, 3.8) is 0 Å². The second-order valence-electron chi connectivity index (χ2n) is 7.29. The molecule has 0 aliphatic rings. The van der Waals surface area contributed by atoms with Gasteiger partial charge in [0.1, 0.15) is 5.82 Å². The van der Waals surface area contributed by atoms with Gasteiger partial charge in [-0.05, 0) is 73.0 Å². The minimum atomic E-state index is -0.260. The van der Waals surface area contributed by atoms with Crippen LogP contribution in [0.1, 0.15) is 23.1 Å². The summed E-state index contributed by atoms with van der Waals surface area (Å²) in [5.41, 5.74) is 4.26. The molecule has 0 atom stereocenters. The zero-order valence-corrected chi connectivity index (χ0v) is 19.0. The van der Waals surface area contributed by atoms with E-state index in [0.29, 0.717) is 23.8 Å². The van der Waals surface area contributed by atoms with Crippen molar-refractivity contribution in [2.75, 3.05) is 10.7 Å². The van der Waals surface area contributed by atoms with Crippen LogP contribution in [-0.2, 0) is 11.3 Å². The van der Waals surface area contributed by atoms with E-state index in [2.05, 4.69) is 31.0 Å². The Balaban J connectivity index is 1.55. The molecule has 4 rings (SSSR count). The number of anilines is 1. The molecule has 31 heavy (non-hydrogen) atoms. The predicted octanol–water partition coefficient (Wildman–Crippen LogP) is 6.16. The van der Waals surface area contributed by atoms with Gasteiger partial charge in [0.2, 0.25) is 5.91 Å². The first-order chi connectivity index (χ1) is 15.0. The Morgan fingerprint density at radius 3 is 2.65 bits per heavy atom. The van der Waals surface area contributed by atoms with Crippen LogP contribution in [0.15, 0.2) is 65.8 Å². The number of amides is 1. The van der Waals surface area contributed by atoms with Crippen molar-refractivity contribution in [1.29, 1.82) is 0 Å². The van der Waals surface area contributed by atoms with Crippen LogP contribution in [0.2, 0.25) is 0 Å². The molecule has 1 amide bonds. The lowest BCUT2D eigenvalue weighted by Crippen LogP contribution is -2.30. The molecule has 2 aromatic carbocycles. The highest BCUT2D eigenvalue weighted by molar-refractivity contribution is 7.99. The van der Waals surface area contributed by atoms with Crippen molar-refractivity contribution >= 4 is 44.4 Å². The summed E-state index contributed by atoms with van der Waals surface area (Å²) >= 11 is 3.07. The van der Waals surface area contributed by atoms with E-state index >= 15 is 0 Å². The van der Waals surface area contributed by atoms with Crippen molar-refractivity contribution < 1.29 is 9.18 Å². The van der Waals surface area contributed by atoms with Gasteiger partial charge >= 0.3 is 0 Å². The number of thiazole rings is 1. The van der Waals surface area contributed by atoms with E-state index in [4.69, 9.17) is 4.98 Å². The fourth-order valence-electron chi connectivity index (χ4n) is 3.14. The molecule has 0 bridgehead atoms. The molecule has 2 aromatic heterocycles. The van der Waals surface area contributed by atoms with E-state index in [-0.39, 0.29) is 11.7 Å². The van der Waals surface area contributed by atoms with Gasteiger partial charge in [0.15, 0.2) is 5.13 Å². The van der Waals surface area contributed by atoms with Gasteiger partial charge in [-0.2, -0.15) is 0 Å². The summed E-state index contributed by atoms with van der Waals surface area (Å²) < 4.78 is 14.2. The van der Waals surface area contributed by atoms with Crippen LogP contribution >= 0.6 is 23.1 Å². The summed E-state index contributed by atoms with van der Waals surface area (Å²) in [6.07, 6.45) is 3.85. The van der Waals surface area contributed by atoms with Crippen LogP contribution in [0.5, 0.6) is 0 Å². The Morgan fingerprint density at radius 1 is 1.13 bits per heavy atom. The zero-order chi connectivity index (χ0) is 21.8. The third kappa shape index (κ3) is 5.29. The topological polar surface area (TPSA) is 46.1 Å². The first kappa shape index (κ1) is 21.5. The molecule has 0 spiro atoms. The number of nitrogens with zero attached hydrogens (tertiary/aromatic N) is 3. The molecule has 4 nitrogen and oxygen atoms in total. The number of halogens is 1. The van der Waals surface area contributed by atoms with Crippen molar-refractivity contribution in [3.8, 4) is 0 Å². The Labute approximate surface area is 189 Å². The maximum absolute atomic E-state index is 13.2. The number of carbonyl (C=O) groups is 1. The summed E-state index contributed by atoms with van der Waals surface area (Å²) in [4.78, 5) is 24.8. The molecule has 0 fully saturated rings. The summed E-state index contributed by atoms with van der Waals surface area (Å²) in [6, 6.07) is 14.4. The molecule has 158 valence electrons. The Bertz CT molecular complexity index is 1150. The van der Waals surface area contributed by atoms with Gasteiger partial charge in [0.05, 0.1) is 16.8 Å². The summed E-state index contributed by atoms with van der Waals surface area (Å²) in [5, 5.41) is 0.695. The lowest BCUT2D eigenvalue weighted by Gasteiger charge is -2.20. The number of fused-ring (bicyclic) bond motifs is 1. The average molecular weight is 452 g/mol. The van der Waals surface area contributed by atoms with Crippen molar-refractivity contribution in [2.24, 2.45) is 0 Å². The maximum Gasteiger partial charge on any atom is 0.229 e. The highest BCUT2D eigenvalue weighted by atomic mass is 32.2. The molecular weight excluding hydrogens is 429 g/mol. The fourth-order valence-corrected chi connectivity index (χ4v) is 5.04. The standard InChI is InChI=1S/C24H22FN3OS2/c1-16-12-21-22(13-17(16)2)31-24(27-21)28(15-18-4-3-10-26-14-18)23(29)9-11-30-20-7-5-19(25)6-8-20/h3-8,10,12-14H,9,11,15H2,1-2H3. The van der Waals surface area contributed by atoms with Crippen molar-refractivity contribution in [1.82, 2.24) is 9.97 Å². The van der Waals surface area contributed by atoms with Gasteiger partial charge < -0.3 is 0 Å². The molecule has 0 unspecified atom stereocenters. The van der Waals surface area contributed by atoms with Gasteiger partial charge in [-0.25, -0.2) is 9.37 Å². The third-order valence-corrected chi connectivity index (χ3v) is 7.04.